The highest BCUT2D eigenvalue weighted by Gasteiger charge is 2.16. The van der Waals surface area contributed by atoms with Gasteiger partial charge in [0.05, 0.1) is 6.54 Å². The van der Waals surface area contributed by atoms with Crippen LogP contribution in [0.2, 0.25) is 0 Å². The van der Waals surface area contributed by atoms with Gasteiger partial charge in [-0.2, -0.15) is 0 Å². The molecule has 0 saturated carbocycles. The lowest BCUT2D eigenvalue weighted by Crippen LogP contribution is -2.30. The van der Waals surface area contributed by atoms with E-state index >= 15 is 0 Å². The van der Waals surface area contributed by atoms with Crippen LogP contribution in [-0.2, 0) is 6.54 Å². The summed E-state index contributed by atoms with van der Waals surface area (Å²) >= 11 is 0. The van der Waals surface area contributed by atoms with Gasteiger partial charge >= 0.3 is 0 Å². The van der Waals surface area contributed by atoms with Gasteiger partial charge in [0, 0.05) is 18.4 Å². The van der Waals surface area contributed by atoms with E-state index in [-0.39, 0.29) is 0 Å². The van der Waals surface area contributed by atoms with Crippen molar-refractivity contribution >= 4 is 0 Å². The smallest absolute Gasteiger partial charge is 0.122 e. The van der Waals surface area contributed by atoms with Crippen LogP contribution < -0.4 is 11.1 Å². The van der Waals surface area contributed by atoms with Crippen LogP contribution in [-0.4, -0.2) is 22.6 Å². The van der Waals surface area contributed by atoms with Crippen LogP contribution in [0.4, 0.5) is 0 Å². The van der Waals surface area contributed by atoms with Gasteiger partial charge in [-0.1, -0.05) is 0 Å². The summed E-state index contributed by atoms with van der Waals surface area (Å²) in [4.78, 5) is 4.23. The molecule has 1 aromatic heterocycles. The second kappa shape index (κ2) is 3.89. The molecule has 1 fully saturated rings. The Morgan fingerprint density at radius 2 is 2.31 bits per heavy atom. The monoisotopic (exact) mass is 180 g/mol. The average Bonchev–Trinajstić information content (AvgIpc) is 2.67. The van der Waals surface area contributed by atoms with E-state index in [9.17, 15) is 0 Å². The number of nitrogens with one attached hydrogen (secondary N) is 1. The Hall–Kier alpha value is -0.870. The Morgan fingerprint density at radius 3 is 3.00 bits per heavy atom. The van der Waals surface area contributed by atoms with Gasteiger partial charge in [0.2, 0.25) is 0 Å². The lowest BCUT2D eigenvalue weighted by Gasteiger charge is -2.25. The minimum Gasteiger partial charge on any atom is -0.331 e. The number of nitrogens with two attached hydrogens (primary N) is 1. The zero-order chi connectivity index (χ0) is 9.10. The molecule has 0 aliphatic carbocycles. The fourth-order valence-corrected chi connectivity index (χ4v) is 1.92. The molecule has 3 N–H and O–H groups in total. The molecular formula is C9H16N4. The zero-order valence-corrected chi connectivity index (χ0v) is 7.74. The highest BCUT2D eigenvalue weighted by Crippen LogP contribution is 2.19. The van der Waals surface area contributed by atoms with E-state index in [1.165, 1.54) is 12.8 Å². The molecule has 1 aromatic rings. The van der Waals surface area contributed by atoms with Crippen molar-refractivity contribution in [3.05, 3.63) is 18.2 Å². The molecule has 13 heavy (non-hydrogen) atoms. The van der Waals surface area contributed by atoms with Crippen LogP contribution in [0.1, 0.15) is 24.7 Å². The quantitative estimate of drug-likeness (QED) is 0.686. The van der Waals surface area contributed by atoms with E-state index in [2.05, 4.69) is 14.9 Å². The van der Waals surface area contributed by atoms with Crippen LogP contribution in [0.3, 0.4) is 0 Å². The normalized spacial score (nSPS) is 19.2. The van der Waals surface area contributed by atoms with Crippen molar-refractivity contribution in [3.8, 4) is 0 Å². The van der Waals surface area contributed by atoms with E-state index in [1.54, 1.807) is 0 Å². The third-order valence-corrected chi connectivity index (χ3v) is 2.63. The molecule has 0 spiro atoms. The van der Waals surface area contributed by atoms with Crippen molar-refractivity contribution < 1.29 is 0 Å². The van der Waals surface area contributed by atoms with Gasteiger partial charge < -0.3 is 15.6 Å². The number of aromatic nitrogens is 2. The molecule has 4 nitrogen and oxygen atoms in total. The van der Waals surface area contributed by atoms with Crippen LogP contribution in [0.15, 0.2) is 12.4 Å². The first-order chi connectivity index (χ1) is 6.42. The molecule has 0 atom stereocenters. The summed E-state index contributed by atoms with van der Waals surface area (Å²) < 4.78 is 2.22. The summed E-state index contributed by atoms with van der Waals surface area (Å²) in [6.07, 6.45) is 6.25. The number of imidazole rings is 1. The van der Waals surface area contributed by atoms with E-state index < -0.39 is 0 Å². The molecule has 4 heteroatoms. The van der Waals surface area contributed by atoms with Gasteiger partial charge in [-0.05, 0) is 25.9 Å². The summed E-state index contributed by atoms with van der Waals surface area (Å²) in [7, 11) is 0. The fraction of sp³-hybridized carbons (Fsp3) is 0.667. The molecule has 72 valence electrons. The molecule has 0 radical (unpaired) electrons. The molecule has 1 saturated heterocycles. The van der Waals surface area contributed by atoms with Gasteiger partial charge in [0.25, 0.3) is 0 Å². The summed E-state index contributed by atoms with van der Waals surface area (Å²) in [6, 6.07) is 0.599. The Labute approximate surface area is 78.1 Å². The number of piperidine rings is 1. The maximum Gasteiger partial charge on any atom is 0.122 e. The molecule has 0 amide bonds. The summed E-state index contributed by atoms with van der Waals surface area (Å²) in [5.74, 6) is 1.01. The maximum atomic E-state index is 5.60. The molecule has 2 rings (SSSR count). The van der Waals surface area contributed by atoms with Crippen molar-refractivity contribution in [3.63, 3.8) is 0 Å². The number of hydrogen-bond acceptors (Lipinski definition) is 3. The molecule has 0 aromatic carbocycles. The Bertz CT molecular complexity index is 262. The first-order valence-corrected chi connectivity index (χ1v) is 4.84. The van der Waals surface area contributed by atoms with Crippen molar-refractivity contribution in [1.82, 2.24) is 14.9 Å². The van der Waals surface area contributed by atoms with Crippen molar-refractivity contribution in [2.24, 2.45) is 5.73 Å². The zero-order valence-electron chi connectivity index (χ0n) is 7.74. The van der Waals surface area contributed by atoms with Crippen LogP contribution in [0.25, 0.3) is 0 Å². The molecule has 2 heterocycles. The van der Waals surface area contributed by atoms with Gasteiger partial charge in [-0.15, -0.1) is 0 Å². The van der Waals surface area contributed by atoms with Crippen LogP contribution >= 0.6 is 0 Å². The molecular weight excluding hydrogens is 164 g/mol. The minimum absolute atomic E-state index is 0.539. The second-order valence-electron chi connectivity index (χ2n) is 3.44. The third kappa shape index (κ3) is 1.73. The SMILES string of the molecule is NCc1nccn1C1CCNCC1. The van der Waals surface area contributed by atoms with Crippen molar-refractivity contribution in [1.29, 1.82) is 0 Å². The van der Waals surface area contributed by atoms with E-state index in [4.69, 9.17) is 5.73 Å². The maximum absolute atomic E-state index is 5.60. The summed E-state index contributed by atoms with van der Waals surface area (Å²) in [6.45, 7) is 2.75. The van der Waals surface area contributed by atoms with Crippen molar-refractivity contribution in [2.45, 2.75) is 25.4 Å². The third-order valence-electron chi connectivity index (χ3n) is 2.63. The Kier molecular flexibility index (Phi) is 2.61. The predicted molar refractivity (Wildman–Crippen MR) is 51.3 cm³/mol. The lowest BCUT2D eigenvalue weighted by molar-refractivity contribution is 0.360. The number of hydrogen-bond donors (Lipinski definition) is 2. The predicted octanol–water partition coefficient (Wildman–Crippen LogP) is 0.266. The molecule has 1 aliphatic heterocycles. The standard InChI is InChI=1S/C9H16N4/c10-7-9-12-5-6-13(9)8-1-3-11-4-2-8/h5-6,8,11H,1-4,7,10H2. The fourth-order valence-electron chi connectivity index (χ4n) is 1.92. The molecule has 0 bridgehead atoms. The van der Waals surface area contributed by atoms with Gasteiger partial charge in [-0.3, -0.25) is 0 Å². The number of nitrogens with zero attached hydrogens (tertiary/aromatic N) is 2. The van der Waals surface area contributed by atoms with Gasteiger partial charge in [0.1, 0.15) is 5.82 Å². The summed E-state index contributed by atoms with van der Waals surface area (Å²) in [5.41, 5.74) is 5.60. The Morgan fingerprint density at radius 1 is 1.54 bits per heavy atom. The first kappa shape index (κ1) is 8.72. The van der Waals surface area contributed by atoms with E-state index in [0.29, 0.717) is 12.6 Å². The van der Waals surface area contributed by atoms with E-state index in [1.807, 2.05) is 12.4 Å². The van der Waals surface area contributed by atoms with E-state index in [0.717, 1.165) is 18.9 Å². The lowest BCUT2D eigenvalue weighted by atomic mass is 10.1. The minimum atomic E-state index is 0.539. The average molecular weight is 180 g/mol. The molecule has 0 unspecified atom stereocenters. The topological polar surface area (TPSA) is 55.9 Å². The van der Waals surface area contributed by atoms with Crippen LogP contribution in [0, 0.1) is 0 Å². The molecule has 1 aliphatic rings. The van der Waals surface area contributed by atoms with Crippen molar-refractivity contribution in [2.75, 3.05) is 13.1 Å². The highest BCUT2D eigenvalue weighted by molar-refractivity contribution is 4.95. The van der Waals surface area contributed by atoms with Gasteiger partial charge in [-0.25, -0.2) is 4.98 Å². The Balaban J connectivity index is 2.13. The van der Waals surface area contributed by atoms with Crippen LogP contribution in [0.5, 0.6) is 0 Å². The summed E-state index contributed by atoms with van der Waals surface area (Å²) in [5, 5.41) is 3.35. The largest absolute Gasteiger partial charge is 0.331 e. The number of rotatable bonds is 2. The highest BCUT2D eigenvalue weighted by atomic mass is 15.1. The first-order valence-electron chi connectivity index (χ1n) is 4.84. The van der Waals surface area contributed by atoms with Gasteiger partial charge in [0.15, 0.2) is 0 Å². The second-order valence-corrected chi connectivity index (χ2v) is 3.44.